The Bertz CT molecular complexity index is 1330. The smallest absolute Gasteiger partial charge is 0.337 e. The number of carbonyl (C=O) groups is 3. The van der Waals surface area contributed by atoms with Crippen molar-refractivity contribution in [2.24, 2.45) is 0 Å². The van der Waals surface area contributed by atoms with Crippen molar-refractivity contribution in [3.8, 4) is 5.75 Å². The maximum Gasteiger partial charge on any atom is 0.337 e. The van der Waals surface area contributed by atoms with Crippen molar-refractivity contribution in [1.29, 1.82) is 0 Å². The van der Waals surface area contributed by atoms with Crippen LogP contribution in [-0.4, -0.2) is 36.5 Å². The summed E-state index contributed by atoms with van der Waals surface area (Å²) in [5.74, 6) is -1.73. The monoisotopic (exact) mass is 513 g/mol. The van der Waals surface area contributed by atoms with E-state index < -0.39 is 23.7 Å². The number of hydrogen-bond donors (Lipinski definition) is 1. The molecule has 0 aliphatic carbocycles. The Kier molecular flexibility index (Phi) is 8.58. The van der Waals surface area contributed by atoms with Gasteiger partial charge in [-0.15, -0.1) is 0 Å². The highest BCUT2D eigenvalue weighted by molar-refractivity contribution is 6.51. The molecule has 1 saturated heterocycles. The molecule has 0 bridgehead atoms. The third-order valence-corrected chi connectivity index (χ3v) is 6.50. The van der Waals surface area contributed by atoms with E-state index >= 15 is 0 Å². The highest BCUT2D eigenvalue weighted by atomic mass is 16.5. The summed E-state index contributed by atoms with van der Waals surface area (Å²) >= 11 is 0. The molecule has 1 heterocycles. The minimum atomic E-state index is -0.915. The first kappa shape index (κ1) is 26.7. The van der Waals surface area contributed by atoms with Crippen molar-refractivity contribution in [3.63, 3.8) is 0 Å². The topological polar surface area (TPSA) is 93.1 Å². The largest absolute Gasteiger partial charge is 0.507 e. The van der Waals surface area contributed by atoms with E-state index in [2.05, 4.69) is 6.92 Å². The number of rotatable bonds is 10. The quantitative estimate of drug-likeness (QED) is 0.116. The van der Waals surface area contributed by atoms with Gasteiger partial charge >= 0.3 is 5.97 Å². The van der Waals surface area contributed by atoms with Crippen molar-refractivity contribution in [2.45, 2.75) is 38.6 Å². The molecule has 7 nitrogen and oxygen atoms in total. The Balaban J connectivity index is 1.76. The fourth-order valence-corrected chi connectivity index (χ4v) is 4.53. The number of carbonyl (C=O) groups excluding carboxylic acids is 3. The fraction of sp³-hybridized carbons (Fsp3) is 0.258. The second-order valence-corrected chi connectivity index (χ2v) is 9.06. The highest BCUT2D eigenvalue weighted by Gasteiger charge is 2.47. The van der Waals surface area contributed by atoms with Gasteiger partial charge in [-0.2, -0.15) is 0 Å². The lowest BCUT2D eigenvalue weighted by atomic mass is 9.94. The van der Waals surface area contributed by atoms with Gasteiger partial charge in [0.25, 0.3) is 11.7 Å². The van der Waals surface area contributed by atoms with Gasteiger partial charge in [0.1, 0.15) is 11.5 Å². The molecule has 4 rings (SSSR count). The summed E-state index contributed by atoms with van der Waals surface area (Å²) in [5, 5.41) is 11.2. The van der Waals surface area contributed by atoms with E-state index in [-0.39, 0.29) is 11.3 Å². The van der Waals surface area contributed by atoms with E-state index in [1.54, 1.807) is 72.8 Å². The van der Waals surface area contributed by atoms with Crippen LogP contribution in [0.5, 0.6) is 5.75 Å². The van der Waals surface area contributed by atoms with Gasteiger partial charge in [-0.3, -0.25) is 14.5 Å². The second kappa shape index (κ2) is 12.2. The number of esters is 1. The van der Waals surface area contributed by atoms with Crippen molar-refractivity contribution in [2.75, 3.05) is 18.6 Å². The predicted molar refractivity (Wildman–Crippen MR) is 145 cm³/mol. The van der Waals surface area contributed by atoms with Crippen LogP contribution in [0.4, 0.5) is 5.69 Å². The van der Waals surface area contributed by atoms with Crippen molar-refractivity contribution in [3.05, 3.63) is 101 Å². The summed E-state index contributed by atoms with van der Waals surface area (Å²) in [7, 11) is 1.30. The summed E-state index contributed by atoms with van der Waals surface area (Å²) in [6.45, 7) is 2.70. The number of benzene rings is 3. The van der Waals surface area contributed by atoms with Gasteiger partial charge in [-0.1, -0.05) is 74.7 Å². The number of methoxy groups -OCH3 is 1. The number of ether oxygens (including phenoxy) is 2. The van der Waals surface area contributed by atoms with Gasteiger partial charge in [-0.25, -0.2) is 4.79 Å². The number of amides is 1. The molecule has 1 aliphatic rings. The van der Waals surface area contributed by atoms with Crippen LogP contribution >= 0.6 is 0 Å². The highest BCUT2D eigenvalue weighted by Crippen LogP contribution is 2.42. The summed E-state index contributed by atoms with van der Waals surface area (Å²) < 4.78 is 10.7. The number of anilines is 1. The van der Waals surface area contributed by atoms with Gasteiger partial charge in [0.05, 0.1) is 30.9 Å². The van der Waals surface area contributed by atoms with Crippen LogP contribution in [-0.2, 0) is 14.3 Å². The second-order valence-electron chi connectivity index (χ2n) is 9.06. The molecule has 1 amide bonds. The molecule has 1 atom stereocenters. The van der Waals surface area contributed by atoms with E-state index in [1.165, 1.54) is 12.0 Å². The van der Waals surface area contributed by atoms with Gasteiger partial charge in [0, 0.05) is 17.3 Å². The first-order valence-corrected chi connectivity index (χ1v) is 12.7. The van der Waals surface area contributed by atoms with Crippen molar-refractivity contribution >= 4 is 29.1 Å². The zero-order valence-electron chi connectivity index (χ0n) is 21.6. The zero-order chi connectivity index (χ0) is 27.1. The summed E-state index contributed by atoms with van der Waals surface area (Å²) in [4.78, 5) is 40.1. The van der Waals surface area contributed by atoms with Crippen LogP contribution < -0.4 is 9.64 Å². The van der Waals surface area contributed by atoms with Gasteiger partial charge in [0.15, 0.2) is 0 Å². The van der Waals surface area contributed by atoms with Gasteiger partial charge in [-0.05, 0) is 36.2 Å². The number of aliphatic hydroxyl groups is 1. The molecular weight excluding hydrogens is 482 g/mol. The first-order chi connectivity index (χ1) is 18.5. The summed E-state index contributed by atoms with van der Waals surface area (Å²) in [6.07, 6.45) is 4.27. The van der Waals surface area contributed by atoms with Gasteiger partial charge < -0.3 is 14.6 Å². The lowest BCUT2D eigenvalue weighted by Crippen LogP contribution is -2.29. The number of nitrogens with zero attached hydrogens (tertiary/aromatic N) is 1. The maximum absolute atomic E-state index is 13.4. The first-order valence-electron chi connectivity index (χ1n) is 12.7. The van der Waals surface area contributed by atoms with Crippen molar-refractivity contribution < 1.29 is 29.0 Å². The van der Waals surface area contributed by atoms with Crippen LogP contribution in [0.2, 0.25) is 0 Å². The Hall–Kier alpha value is -4.39. The van der Waals surface area contributed by atoms with Crippen LogP contribution in [0.25, 0.3) is 5.76 Å². The third kappa shape index (κ3) is 5.62. The molecule has 1 aliphatic heterocycles. The van der Waals surface area contributed by atoms with E-state index in [9.17, 15) is 19.5 Å². The van der Waals surface area contributed by atoms with E-state index in [0.717, 1.165) is 25.7 Å². The van der Waals surface area contributed by atoms with E-state index in [0.29, 0.717) is 34.7 Å². The Morgan fingerprint density at radius 1 is 0.895 bits per heavy atom. The molecule has 7 heteroatoms. The normalized spacial score (nSPS) is 16.5. The van der Waals surface area contributed by atoms with Crippen LogP contribution in [0.3, 0.4) is 0 Å². The molecule has 0 aromatic heterocycles. The third-order valence-electron chi connectivity index (χ3n) is 6.50. The molecule has 0 unspecified atom stereocenters. The standard InChI is InChI=1S/C31H31NO6/c1-3-4-5-9-19-38-25-14-10-13-24(20-25)32-27(21-15-17-23(18-16-21)31(36)37-2)26(29(34)30(32)35)28(33)22-11-7-6-8-12-22/h6-8,10-18,20,27,33H,3-5,9,19H2,1-2H3/t27-/m1/s1. The molecule has 1 N–H and O–H groups in total. The van der Waals surface area contributed by atoms with Crippen LogP contribution in [0, 0.1) is 0 Å². The number of aliphatic hydroxyl groups excluding tert-OH is 1. The SMILES string of the molecule is CCCCCCOc1cccc(N2C(=O)C(=O)C(=C(O)c3ccccc3)[C@H]2c2ccc(C(=O)OC)cc2)c1. The molecular formula is C31H31NO6. The van der Waals surface area contributed by atoms with Crippen LogP contribution in [0.15, 0.2) is 84.4 Å². The predicted octanol–water partition coefficient (Wildman–Crippen LogP) is 6.06. The lowest BCUT2D eigenvalue weighted by Gasteiger charge is -2.26. The molecule has 0 saturated carbocycles. The van der Waals surface area contributed by atoms with Crippen molar-refractivity contribution in [1.82, 2.24) is 0 Å². The average Bonchev–Trinajstić information content (AvgIpc) is 3.22. The Morgan fingerprint density at radius 3 is 2.32 bits per heavy atom. The molecule has 3 aromatic rings. The average molecular weight is 514 g/mol. The van der Waals surface area contributed by atoms with E-state index in [4.69, 9.17) is 9.47 Å². The lowest BCUT2D eigenvalue weighted by molar-refractivity contribution is -0.132. The molecule has 0 radical (unpaired) electrons. The Morgan fingerprint density at radius 2 is 1.63 bits per heavy atom. The fourth-order valence-electron chi connectivity index (χ4n) is 4.53. The number of unbranched alkanes of at least 4 members (excludes halogenated alkanes) is 3. The van der Waals surface area contributed by atoms with E-state index in [1.807, 2.05) is 6.07 Å². The summed E-state index contributed by atoms with van der Waals surface area (Å²) in [6, 6.07) is 21.2. The zero-order valence-corrected chi connectivity index (χ0v) is 21.6. The molecule has 38 heavy (non-hydrogen) atoms. The number of ketones is 1. The maximum atomic E-state index is 13.4. The molecule has 0 spiro atoms. The summed E-state index contributed by atoms with van der Waals surface area (Å²) in [5.41, 5.74) is 1.74. The number of Topliss-reactive ketones (excluding diaryl/α,β-unsaturated/α-hetero) is 1. The minimum Gasteiger partial charge on any atom is -0.507 e. The molecule has 3 aromatic carbocycles. The number of hydrogen-bond acceptors (Lipinski definition) is 6. The molecule has 196 valence electrons. The van der Waals surface area contributed by atoms with Gasteiger partial charge in [0.2, 0.25) is 0 Å². The minimum absolute atomic E-state index is 0.0297. The Labute approximate surface area is 222 Å². The van der Waals surface area contributed by atoms with Crippen LogP contribution in [0.1, 0.15) is 60.1 Å². The molecule has 1 fully saturated rings.